The van der Waals surface area contributed by atoms with Gasteiger partial charge in [0.25, 0.3) is 0 Å². The summed E-state index contributed by atoms with van der Waals surface area (Å²) in [5.74, 6) is -0.740. The number of carbonyl (C=O) groups is 2. The zero-order valence-electron chi connectivity index (χ0n) is 38.2. The fourth-order valence-electron chi connectivity index (χ4n) is 6.82. The van der Waals surface area contributed by atoms with Crippen LogP contribution in [0, 0.1) is 0 Å². The maximum atomic E-state index is 12.8. The van der Waals surface area contributed by atoms with Crippen molar-refractivity contribution in [1.82, 2.24) is 9.80 Å². The average Bonchev–Trinajstić information content (AvgIpc) is 3.50. The van der Waals surface area contributed by atoms with Crippen LogP contribution in [0.2, 0.25) is 0 Å². The van der Waals surface area contributed by atoms with E-state index in [0.29, 0.717) is 13.2 Å². The van der Waals surface area contributed by atoms with Crippen molar-refractivity contribution in [2.24, 2.45) is 0 Å². The Morgan fingerprint density at radius 1 is 0.500 bits per heavy atom. The fourth-order valence-corrected chi connectivity index (χ4v) is 6.82. The largest absolute Gasteiger partial charge is 0.462 e. The third-order valence-corrected chi connectivity index (χ3v) is 10.1. The van der Waals surface area contributed by atoms with Crippen molar-refractivity contribution in [1.29, 1.82) is 0 Å². The van der Waals surface area contributed by atoms with Gasteiger partial charge in [-0.3, -0.25) is 19.4 Å². The second kappa shape index (κ2) is 38.9. The molecule has 0 saturated carbocycles. The number of hydrogen-bond donors (Lipinski definition) is 0. The van der Waals surface area contributed by atoms with Crippen LogP contribution in [0.1, 0.15) is 168 Å². The van der Waals surface area contributed by atoms with Crippen LogP contribution >= 0.6 is 0 Å². The van der Waals surface area contributed by atoms with Crippen molar-refractivity contribution in [3.63, 3.8) is 0 Å². The highest BCUT2D eigenvalue weighted by molar-refractivity contribution is 5.72. The van der Waals surface area contributed by atoms with E-state index >= 15 is 0 Å². The Morgan fingerprint density at radius 2 is 0.897 bits per heavy atom. The van der Waals surface area contributed by atoms with Crippen molar-refractivity contribution in [3.8, 4) is 0 Å². The molecule has 0 bridgehead atoms. The van der Waals surface area contributed by atoms with Crippen LogP contribution in [-0.2, 0) is 33.3 Å². The minimum Gasteiger partial charge on any atom is -0.462 e. The lowest BCUT2D eigenvalue weighted by Crippen LogP contribution is -2.41. The van der Waals surface area contributed by atoms with Gasteiger partial charge < -0.3 is 23.7 Å². The first-order valence-electron chi connectivity index (χ1n) is 23.4. The molecule has 0 radical (unpaired) electrons. The molecule has 4 atom stereocenters. The molecular formula is C49H88N2O7. The topological polar surface area (TPSA) is 86.8 Å². The van der Waals surface area contributed by atoms with Crippen LogP contribution in [-0.4, -0.2) is 107 Å². The highest BCUT2D eigenvalue weighted by Crippen LogP contribution is 2.29. The van der Waals surface area contributed by atoms with Crippen LogP contribution < -0.4 is 0 Å². The lowest BCUT2D eigenvalue weighted by molar-refractivity contribution is -0.197. The lowest BCUT2D eigenvalue weighted by Gasteiger charge is -2.25. The van der Waals surface area contributed by atoms with E-state index in [2.05, 4.69) is 62.5 Å². The van der Waals surface area contributed by atoms with E-state index in [0.717, 1.165) is 57.8 Å². The zero-order valence-corrected chi connectivity index (χ0v) is 38.2. The van der Waals surface area contributed by atoms with Gasteiger partial charge in [0.1, 0.15) is 24.9 Å². The second-order valence-electron chi connectivity index (χ2n) is 16.5. The molecule has 1 rings (SSSR count). The highest BCUT2D eigenvalue weighted by atomic mass is 16.7. The number of likely N-dealkylation sites (N-methyl/N-ethyl adjacent to an activating group) is 2. The highest BCUT2D eigenvalue weighted by Gasteiger charge is 2.49. The summed E-state index contributed by atoms with van der Waals surface area (Å²) < 4.78 is 30.5. The molecule has 1 aliphatic heterocycles. The zero-order chi connectivity index (χ0) is 42.3. The minimum atomic E-state index is -0.935. The van der Waals surface area contributed by atoms with Crippen LogP contribution in [0.3, 0.4) is 0 Å². The third-order valence-electron chi connectivity index (χ3n) is 10.1. The molecule has 58 heavy (non-hydrogen) atoms. The van der Waals surface area contributed by atoms with E-state index < -0.39 is 30.6 Å². The maximum Gasteiger partial charge on any atom is 0.322 e. The van der Waals surface area contributed by atoms with E-state index in [1.807, 2.05) is 28.2 Å². The molecular weight excluding hydrogens is 729 g/mol. The van der Waals surface area contributed by atoms with Crippen molar-refractivity contribution in [2.45, 2.75) is 193 Å². The van der Waals surface area contributed by atoms with Crippen LogP contribution in [0.15, 0.2) is 48.6 Å². The van der Waals surface area contributed by atoms with Gasteiger partial charge in [-0.15, -0.1) is 0 Å². The van der Waals surface area contributed by atoms with Gasteiger partial charge in [-0.05, 0) is 105 Å². The van der Waals surface area contributed by atoms with Gasteiger partial charge in [0.05, 0.1) is 13.1 Å². The quantitative estimate of drug-likeness (QED) is 0.0342. The summed E-state index contributed by atoms with van der Waals surface area (Å²) in [6.45, 7) is 5.84. The first-order valence-corrected chi connectivity index (χ1v) is 23.4. The number of ether oxygens (including phenoxy) is 5. The number of nitrogens with zero attached hydrogens (tertiary/aromatic N) is 2. The second-order valence-corrected chi connectivity index (χ2v) is 16.5. The molecule has 1 fully saturated rings. The Hall–Kier alpha value is -2.30. The summed E-state index contributed by atoms with van der Waals surface area (Å²) in [5.41, 5.74) is 0. The van der Waals surface area contributed by atoms with Crippen molar-refractivity contribution >= 4 is 11.9 Å². The Kier molecular flexibility index (Phi) is 36.0. The number of carbonyl (C=O) groups excluding carboxylic acids is 2. The summed E-state index contributed by atoms with van der Waals surface area (Å²) in [6.07, 6.45) is 44.0. The Bertz CT molecular complexity index is 1090. The standard InChI is InChI=1S/C49H88N2O7/c1-7-9-11-13-15-17-19-21-23-25-27-29-31-33-35-37-39-54-47-44(43-56-45(52)41-50(3)4)57-49(58-46(53)42-51(5)6)48(47)55-40-38-36-34-32-30-28-26-24-22-20-18-16-14-12-10-8-2/h15-18,21-24,44,47-49H,7-14,19-20,25-43H2,1-6H3/b17-15-,18-16-,23-21-,24-22-/t44-,47?,48+,49+/m1/s1. The van der Waals surface area contributed by atoms with Gasteiger partial charge in [0, 0.05) is 13.2 Å². The Morgan fingerprint density at radius 3 is 1.34 bits per heavy atom. The summed E-state index contributed by atoms with van der Waals surface area (Å²) in [6, 6.07) is 0. The Balaban J connectivity index is 2.56. The molecule has 0 aromatic carbocycles. The van der Waals surface area contributed by atoms with E-state index in [-0.39, 0.29) is 25.7 Å². The van der Waals surface area contributed by atoms with Crippen molar-refractivity contribution < 1.29 is 33.3 Å². The average molecular weight is 817 g/mol. The van der Waals surface area contributed by atoms with E-state index in [9.17, 15) is 9.59 Å². The lowest BCUT2D eigenvalue weighted by atomic mass is 10.1. The molecule has 1 aliphatic rings. The number of unbranched alkanes of at least 4 members (excludes halogenated alkanes) is 18. The first-order chi connectivity index (χ1) is 28.3. The predicted octanol–water partition coefficient (Wildman–Crippen LogP) is 11.3. The summed E-state index contributed by atoms with van der Waals surface area (Å²) in [4.78, 5) is 28.8. The molecule has 0 N–H and O–H groups in total. The minimum absolute atomic E-state index is 0.00750. The monoisotopic (exact) mass is 817 g/mol. The van der Waals surface area contributed by atoms with E-state index in [4.69, 9.17) is 23.7 Å². The number of rotatable bonds is 39. The van der Waals surface area contributed by atoms with Crippen LogP contribution in [0.25, 0.3) is 0 Å². The van der Waals surface area contributed by atoms with Crippen molar-refractivity contribution in [2.75, 3.05) is 61.1 Å². The first kappa shape index (κ1) is 53.7. The van der Waals surface area contributed by atoms with Gasteiger partial charge >= 0.3 is 11.9 Å². The van der Waals surface area contributed by atoms with E-state index in [1.165, 1.54) is 96.3 Å². The van der Waals surface area contributed by atoms with Gasteiger partial charge in [-0.25, -0.2) is 0 Å². The normalized spacial score (nSPS) is 18.7. The molecule has 0 spiro atoms. The molecule has 1 unspecified atom stereocenters. The molecule has 9 heteroatoms. The number of esters is 2. The molecule has 0 aliphatic carbocycles. The molecule has 336 valence electrons. The summed E-state index contributed by atoms with van der Waals surface area (Å²) in [7, 11) is 7.29. The number of allylic oxidation sites excluding steroid dienone is 8. The SMILES string of the molecule is CCCCC/C=C\C/C=C\CCCCCCCCOC1[C@@H](COC(=O)CN(C)C)O[C@@H](OC(=O)CN(C)C)[C@H]1OCCCCCCCC/C=C\C/C=C\CCCCC. The Labute approximate surface area is 356 Å². The molecule has 1 saturated heterocycles. The van der Waals surface area contributed by atoms with Gasteiger partial charge in [0.2, 0.25) is 6.29 Å². The summed E-state index contributed by atoms with van der Waals surface area (Å²) in [5, 5.41) is 0. The van der Waals surface area contributed by atoms with Gasteiger partial charge in [0.15, 0.2) is 0 Å². The number of hydrogen-bond acceptors (Lipinski definition) is 9. The smallest absolute Gasteiger partial charge is 0.322 e. The van der Waals surface area contributed by atoms with Gasteiger partial charge in [-0.1, -0.05) is 140 Å². The van der Waals surface area contributed by atoms with Gasteiger partial charge in [-0.2, -0.15) is 0 Å². The molecule has 0 aromatic rings. The van der Waals surface area contributed by atoms with Crippen molar-refractivity contribution in [3.05, 3.63) is 48.6 Å². The molecule has 0 amide bonds. The van der Waals surface area contributed by atoms with E-state index in [1.54, 1.807) is 9.80 Å². The maximum absolute atomic E-state index is 12.8. The third kappa shape index (κ3) is 31.6. The fraction of sp³-hybridized carbons (Fsp3) is 0.796. The predicted molar refractivity (Wildman–Crippen MR) is 241 cm³/mol. The van der Waals surface area contributed by atoms with Crippen LogP contribution in [0.5, 0.6) is 0 Å². The molecule has 9 nitrogen and oxygen atoms in total. The molecule has 0 aromatic heterocycles. The van der Waals surface area contributed by atoms with Crippen LogP contribution in [0.4, 0.5) is 0 Å². The molecule has 1 heterocycles. The summed E-state index contributed by atoms with van der Waals surface area (Å²) >= 11 is 0.